The number of benzene rings is 2. The molecule has 0 atom stereocenters. The molecule has 1 heterocycles. The number of pyridine rings is 1. The number of halogens is 5. The van der Waals surface area contributed by atoms with E-state index in [2.05, 4.69) is 5.32 Å². The second-order valence-electron chi connectivity index (χ2n) is 6.16. The minimum atomic E-state index is -4.47. The van der Waals surface area contributed by atoms with E-state index in [9.17, 15) is 31.5 Å². The molecule has 2 aromatic carbocycles. The number of carbonyl (C=O) groups is 1. The Hall–Kier alpha value is -3.49. The van der Waals surface area contributed by atoms with Gasteiger partial charge >= 0.3 is 6.18 Å². The second-order valence-corrected chi connectivity index (χ2v) is 6.16. The number of carbonyl (C=O) groups excluding carboxylic acids is 1. The van der Waals surface area contributed by atoms with Crippen LogP contribution in [0.25, 0.3) is 0 Å². The highest BCUT2D eigenvalue weighted by atomic mass is 19.4. The number of amides is 1. The van der Waals surface area contributed by atoms with E-state index in [4.69, 9.17) is 0 Å². The average molecular weight is 408 g/mol. The Morgan fingerprint density at radius 3 is 2.28 bits per heavy atom. The summed E-state index contributed by atoms with van der Waals surface area (Å²) in [6.07, 6.45) is -3.26. The largest absolute Gasteiger partial charge is 0.416 e. The van der Waals surface area contributed by atoms with Crippen LogP contribution >= 0.6 is 0 Å². The smallest absolute Gasteiger partial charge is 0.319 e. The van der Waals surface area contributed by atoms with Crippen molar-refractivity contribution in [2.45, 2.75) is 12.7 Å². The third-order valence-electron chi connectivity index (χ3n) is 4.06. The van der Waals surface area contributed by atoms with Crippen molar-refractivity contribution in [3.8, 4) is 0 Å². The first-order valence-electron chi connectivity index (χ1n) is 8.26. The lowest BCUT2D eigenvalue weighted by Gasteiger charge is -2.11. The van der Waals surface area contributed by atoms with Crippen LogP contribution in [-0.4, -0.2) is 10.5 Å². The van der Waals surface area contributed by atoms with Crippen LogP contribution in [0.15, 0.2) is 65.6 Å². The first-order valence-corrected chi connectivity index (χ1v) is 8.26. The van der Waals surface area contributed by atoms with Crippen LogP contribution in [0.5, 0.6) is 0 Å². The van der Waals surface area contributed by atoms with Crippen LogP contribution in [0.3, 0.4) is 0 Å². The molecule has 1 aromatic heterocycles. The van der Waals surface area contributed by atoms with Gasteiger partial charge in [0.25, 0.3) is 11.5 Å². The summed E-state index contributed by atoms with van der Waals surface area (Å²) in [5, 5.41) is 2.27. The van der Waals surface area contributed by atoms with Crippen molar-refractivity contribution in [1.82, 2.24) is 4.57 Å². The van der Waals surface area contributed by atoms with Gasteiger partial charge in [0.1, 0.15) is 11.6 Å². The summed E-state index contributed by atoms with van der Waals surface area (Å²) < 4.78 is 65.7. The highest BCUT2D eigenvalue weighted by molar-refractivity contribution is 6.04. The van der Waals surface area contributed by atoms with Crippen LogP contribution in [0.1, 0.15) is 21.5 Å². The van der Waals surface area contributed by atoms with Gasteiger partial charge in [-0.1, -0.05) is 12.1 Å². The van der Waals surface area contributed by atoms with Crippen LogP contribution in [0.2, 0.25) is 0 Å². The maximum Gasteiger partial charge on any atom is 0.416 e. The minimum Gasteiger partial charge on any atom is -0.319 e. The Morgan fingerprint density at radius 1 is 0.966 bits per heavy atom. The molecular weight excluding hydrogens is 395 g/mol. The summed E-state index contributed by atoms with van der Waals surface area (Å²) in [7, 11) is 0. The molecule has 0 saturated heterocycles. The second kappa shape index (κ2) is 7.86. The monoisotopic (exact) mass is 408 g/mol. The van der Waals surface area contributed by atoms with Crippen molar-refractivity contribution in [3.05, 3.63) is 99.5 Å². The number of nitrogens with one attached hydrogen (secondary N) is 1. The molecule has 3 rings (SSSR count). The van der Waals surface area contributed by atoms with Crippen LogP contribution in [0, 0.1) is 11.6 Å². The number of alkyl halides is 3. The predicted molar refractivity (Wildman–Crippen MR) is 95.6 cm³/mol. The lowest BCUT2D eigenvalue weighted by atomic mass is 10.1. The summed E-state index contributed by atoms with van der Waals surface area (Å²) >= 11 is 0. The molecule has 0 aliphatic rings. The van der Waals surface area contributed by atoms with Crippen molar-refractivity contribution < 1.29 is 26.7 Å². The zero-order valence-corrected chi connectivity index (χ0v) is 14.6. The number of rotatable bonds is 4. The molecule has 0 aliphatic heterocycles. The molecule has 29 heavy (non-hydrogen) atoms. The molecule has 0 bridgehead atoms. The highest BCUT2D eigenvalue weighted by Gasteiger charge is 2.29. The normalized spacial score (nSPS) is 11.3. The summed E-state index contributed by atoms with van der Waals surface area (Å²) in [5.41, 5.74) is -1.10. The van der Waals surface area contributed by atoms with E-state index in [0.717, 1.165) is 34.9 Å². The summed E-state index contributed by atoms with van der Waals surface area (Å²) in [6, 6.07) is 9.24. The van der Waals surface area contributed by atoms with Gasteiger partial charge in [0, 0.05) is 18.3 Å². The van der Waals surface area contributed by atoms with Crippen molar-refractivity contribution in [2.24, 2.45) is 0 Å². The number of hydrogen-bond acceptors (Lipinski definition) is 2. The van der Waals surface area contributed by atoms with Crippen LogP contribution in [-0.2, 0) is 12.7 Å². The third-order valence-corrected chi connectivity index (χ3v) is 4.06. The predicted octanol–water partition coefficient (Wildman–Crippen LogP) is 4.45. The van der Waals surface area contributed by atoms with Gasteiger partial charge in [0.15, 0.2) is 0 Å². The number of hydrogen-bond donors (Lipinski definition) is 1. The topological polar surface area (TPSA) is 51.1 Å². The van der Waals surface area contributed by atoms with E-state index in [1.807, 2.05) is 0 Å². The van der Waals surface area contributed by atoms with Gasteiger partial charge in [0.2, 0.25) is 0 Å². The van der Waals surface area contributed by atoms with Gasteiger partial charge in [-0.05, 0) is 35.9 Å². The molecule has 0 unspecified atom stereocenters. The molecule has 0 radical (unpaired) electrons. The van der Waals surface area contributed by atoms with Crippen molar-refractivity contribution >= 4 is 11.6 Å². The molecule has 1 amide bonds. The Morgan fingerprint density at radius 2 is 1.66 bits per heavy atom. The SMILES string of the molecule is O=C(Nc1ccc(F)cc1F)c1ccc(=O)n(Cc2ccc(C(F)(F)F)cc2)c1. The fraction of sp³-hybridized carbons (Fsp3) is 0.100. The number of aromatic nitrogens is 1. The van der Waals surface area contributed by atoms with Crippen molar-refractivity contribution in [2.75, 3.05) is 5.32 Å². The molecule has 1 N–H and O–H groups in total. The van der Waals surface area contributed by atoms with Crippen molar-refractivity contribution in [1.29, 1.82) is 0 Å². The van der Waals surface area contributed by atoms with Crippen LogP contribution in [0.4, 0.5) is 27.6 Å². The highest BCUT2D eigenvalue weighted by Crippen LogP contribution is 2.29. The van der Waals surface area contributed by atoms with E-state index >= 15 is 0 Å². The zero-order chi connectivity index (χ0) is 21.2. The third kappa shape index (κ3) is 4.87. The average Bonchev–Trinajstić information content (AvgIpc) is 2.65. The first kappa shape index (κ1) is 20.2. The molecule has 0 aliphatic carbocycles. The lowest BCUT2D eigenvalue weighted by Crippen LogP contribution is -2.22. The summed E-state index contributed by atoms with van der Waals surface area (Å²) in [5.74, 6) is -2.50. The quantitative estimate of drug-likeness (QED) is 0.649. The molecule has 0 fully saturated rings. The molecule has 0 saturated carbocycles. The van der Waals surface area contributed by atoms with Gasteiger partial charge in [-0.25, -0.2) is 8.78 Å². The van der Waals surface area contributed by atoms with Gasteiger partial charge < -0.3 is 9.88 Å². The molecular formula is C20H13F5N2O2. The van der Waals surface area contributed by atoms with Crippen molar-refractivity contribution in [3.63, 3.8) is 0 Å². The van der Waals surface area contributed by atoms with Crippen LogP contribution < -0.4 is 10.9 Å². The van der Waals surface area contributed by atoms with Gasteiger partial charge in [0.05, 0.1) is 23.4 Å². The Kier molecular flexibility index (Phi) is 5.49. The van der Waals surface area contributed by atoms with E-state index < -0.39 is 34.8 Å². The van der Waals surface area contributed by atoms with E-state index in [0.29, 0.717) is 11.6 Å². The standard InChI is InChI=1S/C20H13F5N2O2/c21-15-6-7-17(16(22)9-15)26-19(29)13-3-8-18(28)27(11-13)10-12-1-4-14(5-2-12)20(23,24)25/h1-9,11H,10H2,(H,26,29). The molecule has 4 nitrogen and oxygen atoms in total. The molecule has 150 valence electrons. The fourth-order valence-corrected chi connectivity index (χ4v) is 2.57. The number of anilines is 1. The van der Waals surface area contributed by atoms with Gasteiger partial charge in [-0.15, -0.1) is 0 Å². The lowest BCUT2D eigenvalue weighted by molar-refractivity contribution is -0.137. The first-order chi connectivity index (χ1) is 13.6. The number of nitrogens with zero attached hydrogens (tertiary/aromatic N) is 1. The fourth-order valence-electron chi connectivity index (χ4n) is 2.57. The van der Waals surface area contributed by atoms with E-state index in [1.165, 1.54) is 24.4 Å². The molecule has 9 heteroatoms. The zero-order valence-electron chi connectivity index (χ0n) is 14.6. The summed E-state index contributed by atoms with van der Waals surface area (Å²) in [4.78, 5) is 24.3. The maximum absolute atomic E-state index is 13.7. The maximum atomic E-state index is 13.7. The molecule has 0 spiro atoms. The van der Waals surface area contributed by atoms with E-state index in [1.54, 1.807) is 0 Å². The Balaban J connectivity index is 1.80. The van der Waals surface area contributed by atoms with Gasteiger partial charge in [-0.3, -0.25) is 9.59 Å². The Bertz CT molecular complexity index is 1110. The Labute approximate surface area is 161 Å². The van der Waals surface area contributed by atoms with E-state index in [-0.39, 0.29) is 17.8 Å². The van der Waals surface area contributed by atoms with Gasteiger partial charge in [-0.2, -0.15) is 13.2 Å². The molecule has 3 aromatic rings. The minimum absolute atomic E-state index is 0.0141. The summed E-state index contributed by atoms with van der Waals surface area (Å²) in [6.45, 7) is -0.0665.